The maximum absolute atomic E-state index is 2.46. The van der Waals surface area contributed by atoms with Crippen molar-refractivity contribution in [3.63, 3.8) is 0 Å². The Hall–Kier alpha value is -6.90. The molecule has 54 heavy (non-hydrogen) atoms. The van der Waals surface area contributed by atoms with Crippen LogP contribution >= 0.6 is 0 Å². The Morgan fingerprint density at radius 2 is 0.815 bits per heavy atom. The van der Waals surface area contributed by atoms with E-state index < -0.39 is 5.41 Å². The van der Waals surface area contributed by atoms with Crippen molar-refractivity contribution < 1.29 is 0 Å². The smallest absolute Gasteiger partial charge is 0.0564 e. The molecule has 0 spiro atoms. The van der Waals surface area contributed by atoms with E-state index in [-0.39, 0.29) is 0 Å². The van der Waals surface area contributed by atoms with Crippen LogP contribution in [0.3, 0.4) is 0 Å². The zero-order valence-corrected chi connectivity index (χ0v) is 30.1. The Morgan fingerprint density at radius 3 is 1.43 bits per heavy atom. The summed E-state index contributed by atoms with van der Waals surface area (Å²) < 4.78 is 0. The van der Waals surface area contributed by atoms with Crippen LogP contribution in [0, 0.1) is 0 Å². The van der Waals surface area contributed by atoms with Crippen LogP contribution in [0.1, 0.15) is 23.6 Å². The minimum Gasteiger partial charge on any atom is -0.310 e. The van der Waals surface area contributed by atoms with E-state index in [9.17, 15) is 0 Å². The summed E-state index contributed by atoms with van der Waals surface area (Å²) in [4.78, 5) is 4.89. The summed E-state index contributed by atoms with van der Waals surface area (Å²) in [6.45, 7) is 2.41. The van der Waals surface area contributed by atoms with E-state index in [0.717, 1.165) is 34.1 Å². The highest BCUT2D eigenvalue weighted by molar-refractivity contribution is 6.00. The highest BCUT2D eigenvalue weighted by Crippen LogP contribution is 2.58. The van der Waals surface area contributed by atoms with Crippen molar-refractivity contribution in [2.24, 2.45) is 0 Å². The van der Waals surface area contributed by atoms with E-state index in [1.807, 2.05) is 0 Å². The predicted octanol–water partition coefficient (Wildman–Crippen LogP) is 14.3. The number of benzene rings is 9. The quantitative estimate of drug-likeness (QED) is 0.164. The lowest BCUT2D eigenvalue weighted by Crippen LogP contribution is -2.23. The van der Waals surface area contributed by atoms with Crippen molar-refractivity contribution in [3.8, 4) is 11.1 Å². The molecule has 10 rings (SSSR count). The van der Waals surface area contributed by atoms with E-state index in [4.69, 9.17) is 0 Å². The number of rotatable bonds is 7. The second-order valence-electron chi connectivity index (χ2n) is 14.3. The van der Waals surface area contributed by atoms with Gasteiger partial charge in [-0.15, -0.1) is 0 Å². The van der Waals surface area contributed by atoms with Crippen LogP contribution in [0.15, 0.2) is 212 Å². The fourth-order valence-corrected chi connectivity index (χ4v) is 8.62. The summed E-state index contributed by atoms with van der Waals surface area (Å²) in [5, 5.41) is 4.87. The van der Waals surface area contributed by atoms with Crippen LogP contribution in [-0.2, 0) is 5.41 Å². The Bertz CT molecular complexity index is 2790. The maximum Gasteiger partial charge on any atom is 0.0564 e. The van der Waals surface area contributed by atoms with Gasteiger partial charge < -0.3 is 9.80 Å². The van der Waals surface area contributed by atoms with Crippen molar-refractivity contribution in [2.45, 2.75) is 12.3 Å². The molecule has 1 atom stereocenters. The normalized spacial score (nSPS) is 14.5. The van der Waals surface area contributed by atoms with Crippen molar-refractivity contribution in [1.29, 1.82) is 0 Å². The van der Waals surface area contributed by atoms with Crippen LogP contribution < -0.4 is 9.80 Å². The van der Waals surface area contributed by atoms with Gasteiger partial charge in [0.1, 0.15) is 0 Å². The van der Waals surface area contributed by atoms with Gasteiger partial charge in [-0.1, -0.05) is 152 Å². The molecule has 1 aliphatic carbocycles. The first kappa shape index (κ1) is 31.8. The topological polar surface area (TPSA) is 6.48 Å². The second-order valence-corrected chi connectivity index (χ2v) is 14.3. The predicted molar refractivity (Wildman–Crippen MR) is 228 cm³/mol. The van der Waals surface area contributed by atoms with Crippen molar-refractivity contribution in [1.82, 2.24) is 0 Å². The molecule has 0 radical (unpaired) electrons. The van der Waals surface area contributed by atoms with Gasteiger partial charge in [0.2, 0.25) is 0 Å². The molecular weight excluding hydrogens is 653 g/mol. The Morgan fingerprint density at radius 1 is 0.333 bits per heavy atom. The molecule has 9 aromatic rings. The van der Waals surface area contributed by atoms with Gasteiger partial charge in [0, 0.05) is 39.4 Å². The molecule has 0 saturated heterocycles. The van der Waals surface area contributed by atoms with Gasteiger partial charge in [0.25, 0.3) is 0 Å². The monoisotopic (exact) mass is 690 g/mol. The molecule has 0 amide bonds. The molecule has 0 aliphatic heterocycles. The lowest BCUT2D eigenvalue weighted by atomic mass is 9.74. The first-order valence-corrected chi connectivity index (χ1v) is 18.7. The standard InChI is InChI=1S/C52H38N2/c1-52(41-21-5-2-6-22-41)48-28-16-15-27-47(48)51-49(52)35-46(53(42-23-7-3-8-24-42)44-31-29-37-17-11-13-19-39(37)33-44)36-50(51)54(43-25-9-4-10-26-43)45-32-30-38-18-12-14-20-40(38)34-45/h2-36H,1H3. The third-order valence-electron chi connectivity index (χ3n) is 11.2. The van der Waals surface area contributed by atoms with Crippen LogP contribution in [0.5, 0.6) is 0 Å². The molecule has 2 heteroatoms. The molecule has 0 saturated carbocycles. The SMILES string of the molecule is CC1(c2ccccc2)c2ccccc2-c2c(N(c3ccccc3)c3ccc4ccccc4c3)cc(N(c3ccccc3)c3ccc4ccccc4c3)cc21. The third-order valence-corrected chi connectivity index (χ3v) is 11.2. The fraction of sp³-hybridized carbons (Fsp3) is 0.0385. The van der Waals surface area contributed by atoms with Crippen LogP contribution in [-0.4, -0.2) is 0 Å². The van der Waals surface area contributed by atoms with Crippen LogP contribution in [0.4, 0.5) is 34.1 Å². The molecule has 0 aromatic heterocycles. The van der Waals surface area contributed by atoms with Crippen molar-refractivity contribution >= 4 is 55.7 Å². The molecule has 9 aromatic carbocycles. The van der Waals surface area contributed by atoms with Gasteiger partial charge in [0.15, 0.2) is 0 Å². The zero-order valence-electron chi connectivity index (χ0n) is 30.1. The lowest BCUT2D eigenvalue weighted by molar-refractivity contribution is 0.714. The first-order valence-electron chi connectivity index (χ1n) is 18.7. The number of fused-ring (bicyclic) bond motifs is 5. The van der Waals surface area contributed by atoms with E-state index >= 15 is 0 Å². The molecule has 2 nitrogen and oxygen atoms in total. The number of para-hydroxylation sites is 2. The third kappa shape index (κ3) is 5.18. The van der Waals surface area contributed by atoms with E-state index in [1.54, 1.807) is 0 Å². The first-order chi connectivity index (χ1) is 26.7. The second kappa shape index (κ2) is 12.9. The average Bonchev–Trinajstić information content (AvgIpc) is 3.50. The largest absolute Gasteiger partial charge is 0.310 e. The van der Waals surface area contributed by atoms with Crippen LogP contribution in [0.2, 0.25) is 0 Å². The molecule has 0 heterocycles. The van der Waals surface area contributed by atoms with Gasteiger partial charge in [-0.25, -0.2) is 0 Å². The lowest BCUT2D eigenvalue weighted by Gasteiger charge is -2.34. The van der Waals surface area contributed by atoms with Crippen molar-refractivity contribution in [2.75, 3.05) is 9.80 Å². The number of nitrogens with zero attached hydrogens (tertiary/aromatic N) is 2. The van der Waals surface area contributed by atoms with Gasteiger partial charge in [-0.05, 0) is 111 Å². The molecule has 1 unspecified atom stereocenters. The summed E-state index contributed by atoms with van der Waals surface area (Å²) in [7, 11) is 0. The van der Waals surface area contributed by atoms with Gasteiger partial charge in [-0.2, -0.15) is 0 Å². The number of hydrogen-bond acceptors (Lipinski definition) is 2. The van der Waals surface area contributed by atoms with E-state index in [0.29, 0.717) is 0 Å². The van der Waals surface area contributed by atoms with E-state index in [1.165, 1.54) is 49.4 Å². The maximum atomic E-state index is 2.46. The zero-order chi connectivity index (χ0) is 36.1. The van der Waals surface area contributed by atoms with Gasteiger partial charge >= 0.3 is 0 Å². The highest BCUT2D eigenvalue weighted by atomic mass is 15.2. The summed E-state index contributed by atoms with van der Waals surface area (Å²) in [5.74, 6) is 0. The van der Waals surface area contributed by atoms with Gasteiger partial charge in [-0.3, -0.25) is 0 Å². The highest BCUT2D eigenvalue weighted by Gasteiger charge is 2.43. The molecule has 0 N–H and O–H groups in total. The Labute approximate surface area is 316 Å². The number of hydrogen-bond donors (Lipinski definition) is 0. The van der Waals surface area contributed by atoms with E-state index in [2.05, 4.69) is 229 Å². The molecule has 256 valence electrons. The molecule has 0 bridgehead atoms. The van der Waals surface area contributed by atoms with Crippen LogP contribution in [0.25, 0.3) is 32.7 Å². The summed E-state index contributed by atoms with van der Waals surface area (Å²) in [6.07, 6.45) is 0. The Kier molecular flexibility index (Phi) is 7.63. The van der Waals surface area contributed by atoms with Gasteiger partial charge in [0.05, 0.1) is 5.69 Å². The van der Waals surface area contributed by atoms with Crippen molar-refractivity contribution in [3.05, 3.63) is 229 Å². The molecular formula is C52H38N2. The molecule has 1 aliphatic rings. The summed E-state index contributed by atoms with van der Waals surface area (Å²) in [6, 6.07) is 77.4. The summed E-state index contributed by atoms with van der Waals surface area (Å²) >= 11 is 0. The molecule has 0 fully saturated rings. The average molecular weight is 691 g/mol. The fourth-order valence-electron chi connectivity index (χ4n) is 8.62. The Balaban J connectivity index is 1.33. The summed E-state index contributed by atoms with van der Waals surface area (Å²) in [5.41, 5.74) is 12.6. The number of anilines is 6. The minimum atomic E-state index is -0.407. The minimum absolute atomic E-state index is 0.407.